The summed E-state index contributed by atoms with van der Waals surface area (Å²) < 4.78 is 37.7. The second-order valence-corrected chi connectivity index (χ2v) is 5.47. The molecule has 0 aliphatic heterocycles. The molecule has 0 aliphatic rings. The summed E-state index contributed by atoms with van der Waals surface area (Å²) in [7, 11) is 0. The van der Waals surface area contributed by atoms with E-state index in [9.17, 15) is 13.6 Å². The molecule has 124 valence electrons. The molecule has 25 heavy (non-hydrogen) atoms. The zero-order chi connectivity index (χ0) is 17.6. The molecular formula is C18H10F2N2O3. The Hall–Kier alpha value is -3.35. The smallest absolute Gasteiger partial charge is 0.336 e. The topological polar surface area (TPSA) is 65.2 Å². The molecule has 0 N–H and O–H groups in total. The molecule has 0 bridgehead atoms. The van der Waals surface area contributed by atoms with Gasteiger partial charge in [0.2, 0.25) is 5.88 Å². The first-order chi connectivity index (χ1) is 12.0. The van der Waals surface area contributed by atoms with E-state index in [-0.39, 0.29) is 16.8 Å². The third kappa shape index (κ3) is 2.69. The minimum Gasteiger partial charge on any atom is -0.438 e. The van der Waals surface area contributed by atoms with E-state index in [0.29, 0.717) is 11.3 Å². The molecule has 4 rings (SSSR count). The van der Waals surface area contributed by atoms with Crippen LogP contribution in [0.5, 0.6) is 11.6 Å². The molecule has 0 amide bonds. The van der Waals surface area contributed by atoms with Gasteiger partial charge in [0, 0.05) is 23.6 Å². The number of benzene rings is 2. The van der Waals surface area contributed by atoms with Crippen molar-refractivity contribution in [2.75, 3.05) is 0 Å². The van der Waals surface area contributed by atoms with E-state index >= 15 is 0 Å². The highest BCUT2D eigenvalue weighted by Crippen LogP contribution is 2.30. The van der Waals surface area contributed by atoms with Crippen molar-refractivity contribution in [3.63, 3.8) is 0 Å². The molecule has 4 aromatic rings. The van der Waals surface area contributed by atoms with Crippen molar-refractivity contribution in [1.29, 1.82) is 0 Å². The quantitative estimate of drug-likeness (QED) is 0.514. The molecule has 7 heteroatoms. The van der Waals surface area contributed by atoms with Gasteiger partial charge in [0.1, 0.15) is 17.7 Å². The minimum absolute atomic E-state index is 0.0678. The normalized spacial score (nSPS) is 11.2. The summed E-state index contributed by atoms with van der Waals surface area (Å²) in [5, 5.41) is 1.000. The molecular weight excluding hydrogens is 330 g/mol. The highest BCUT2D eigenvalue weighted by atomic mass is 19.2. The van der Waals surface area contributed by atoms with Crippen LogP contribution in [0.25, 0.3) is 21.9 Å². The molecule has 5 nitrogen and oxygen atoms in total. The van der Waals surface area contributed by atoms with Gasteiger partial charge >= 0.3 is 5.63 Å². The Morgan fingerprint density at radius 2 is 1.80 bits per heavy atom. The number of nitrogens with zero attached hydrogens (tertiary/aromatic N) is 2. The van der Waals surface area contributed by atoms with E-state index in [2.05, 4.69) is 9.97 Å². The van der Waals surface area contributed by atoms with Crippen LogP contribution in [0.2, 0.25) is 0 Å². The summed E-state index contributed by atoms with van der Waals surface area (Å²) in [5.74, 6) is -1.61. The molecule has 0 fully saturated rings. The lowest BCUT2D eigenvalue weighted by Crippen LogP contribution is -1.98. The van der Waals surface area contributed by atoms with Gasteiger partial charge in [0.15, 0.2) is 11.6 Å². The summed E-state index contributed by atoms with van der Waals surface area (Å²) >= 11 is 0. The first-order valence-corrected chi connectivity index (χ1v) is 7.33. The van der Waals surface area contributed by atoms with Crippen LogP contribution in [0.1, 0.15) is 5.56 Å². The fourth-order valence-corrected chi connectivity index (χ4v) is 2.59. The summed E-state index contributed by atoms with van der Waals surface area (Å²) in [6.45, 7) is 1.80. The zero-order valence-corrected chi connectivity index (χ0v) is 12.9. The summed E-state index contributed by atoms with van der Waals surface area (Å²) in [6, 6.07) is 8.30. The van der Waals surface area contributed by atoms with Crippen LogP contribution in [0.15, 0.2) is 51.9 Å². The third-order valence-electron chi connectivity index (χ3n) is 3.78. The van der Waals surface area contributed by atoms with Crippen molar-refractivity contribution in [1.82, 2.24) is 9.97 Å². The third-order valence-corrected chi connectivity index (χ3v) is 3.78. The Balaban J connectivity index is 1.82. The van der Waals surface area contributed by atoms with E-state index in [1.165, 1.54) is 18.5 Å². The average Bonchev–Trinajstić information content (AvgIpc) is 2.56. The molecule has 0 radical (unpaired) electrons. The summed E-state index contributed by atoms with van der Waals surface area (Å²) in [4.78, 5) is 19.4. The van der Waals surface area contributed by atoms with Crippen molar-refractivity contribution in [3.05, 3.63) is 70.3 Å². The maximum Gasteiger partial charge on any atom is 0.336 e. The maximum atomic E-state index is 13.5. The Bertz CT molecular complexity index is 1190. The number of hydrogen-bond acceptors (Lipinski definition) is 5. The van der Waals surface area contributed by atoms with Crippen LogP contribution in [0.4, 0.5) is 8.78 Å². The molecule has 2 aromatic carbocycles. The summed E-state index contributed by atoms with van der Waals surface area (Å²) in [6.07, 6.45) is 1.19. The van der Waals surface area contributed by atoms with E-state index in [1.807, 2.05) is 0 Å². The van der Waals surface area contributed by atoms with E-state index in [0.717, 1.165) is 23.1 Å². The second kappa shape index (κ2) is 5.62. The van der Waals surface area contributed by atoms with Gasteiger partial charge in [-0.05, 0) is 30.7 Å². The number of aryl methyl sites for hydroxylation is 1. The summed E-state index contributed by atoms with van der Waals surface area (Å²) in [5.41, 5.74) is 0.889. The van der Waals surface area contributed by atoms with Crippen LogP contribution in [-0.2, 0) is 0 Å². The Morgan fingerprint density at radius 1 is 1.00 bits per heavy atom. The van der Waals surface area contributed by atoms with E-state index in [1.54, 1.807) is 19.1 Å². The fourth-order valence-electron chi connectivity index (χ4n) is 2.59. The fraction of sp³-hybridized carbons (Fsp3) is 0.0556. The highest BCUT2D eigenvalue weighted by molar-refractivity contribution is 5.84. The average molecular weight is 340 g/mol. The first-order valence-electron chi connectivity index (χ1n) is 7.33. The SMILES string of the molecule is Cc1cc(=O)oc2cc(Oc3ncnc4cc(F)c(F)cc34)ccc12. The van der Waals surface area contributed by atoms with Crippen molar-refractivity contribution >= 4 is 21.9 Å². The standard InChI is InChI=1S/C18H10F2N2O3/c1-9-4-17(23)25-16-5-10(2-3-11(9)16)24-18-12-6-13(19)14(20)7-15(12)21-8-22-18/h2-8H,1H3. The van der Waals surface area contributed by atoms with E-state index in [4.69, 9.17) is 9.15 Å². The van der Waals surface area contributed by atoms with Crippen LogP contribution >= 0.6 is 0 Å². The van der Waals surface area contributed by atoms with Gasteiger partial charge in [-0.2, -0.15) is 0 Å². The lowest BCUT2D eigenvalue weighted by Gasteiger charge is -2.08. The number of hydrogen-bond donors (Lipinski definition) is 0. The van der Waals surface area contributed by atoms with Crippen molar-refractivity contribution in [3.8, 4) is 11.6 Å². The number of halogens is 2. The molecule has 2 aromatic heterocycles. The van der Waals surface area contributed by atoms with Gasteiger partial charge in [0.05, 0.1) is 10.9 Å². The molecule has 0 saturated heterocycles. The molecule has 0 saturated carbocycles. The van der Waals surface area contributed by atoms with Gasteiger partial charge in [0.25, 0.3) is 0 Å². The van der Waals surface area contributed by atoms with Crippen molar-refractivity contribution < 1.29 is 17.9 Å². The minimum atomic E-state index is -1.02. The van der Waals surface area contributed by atoms with Gasteiger partial charge < -0.3 is 9.15 Å². The first kappa shape index (κ1) is 15.2. The molecule has 0 spiro atoms. The number of ether oxygens (including phenoxy) is 1. The van der Waals surface area contributed by atoms with Crippen LogP contribution in [0, 0.1) is 18.6 Å². The Morgan fingerprint density at radius 3 is 2.64 bits per heavy atom. The van der Waals surface area contributed by atoms with Gasteiger partial charge in [-0.25, -0.2) is 23.5 Å². The van der Waals surface area contributed by atoms with Gasteiger partial charge in [-0.1, -0.05) is 0 Å². The monoisotopic (exact) mass is 340 g/mol. The largest absolute Gasteiger partial charge is 0.438 e. The van der Waals surface area contributed by atoms with E-state index < -0.39 is 17.3 Å². The molecule has 2 heterocycles. The lowest BCUT2D eigenvalue weighted by atomic mass is 10.1. The predicted molar refractivity (Wildman–Crippen MR) is 86.7 cm³/mol. The van der Waals surface area contributed by atoms with Gasteiger partial charge in [-0.15, -0.1) is 0 Å². The van der Waals surface area contributed by atoms with Crippen LogP contribution < -0.4 is 10.4 Å². The molecule has 0 unspecified atom stereocenters. The van der Waals surface area contributed by atoms with Crippen molar-refractivity contribution in [2.45, 2.75) is 6.92 Å². The van der Waals surface area contributed by atoms with Crippen molar-refractivity contribution in [2.24, 2.45) is 0 Å². The highest BCUT2D eigenvalue weighted by Gasteiger charge is 2.12. The number of fused-ring (bicyclic) bond motifs is 2. The Labute approximate surface area is 139 Å². The predicted octanol–water partition coefficient (Wildman–Crippen LogP) is 4.12. The maximum absolute atomic E-state index is 13.5. The zero-order valence-electron chi connectivity index (χ0n) is 12.9. The number of aromatic nitrogens is 2. The lowest BCUT2D eigenvalue weighted by molar-refractivity contribution is 0.465. The van der Waals surface area contributed by atoms with Crippen LogP contribution in [-0.4, -0.2) is 9.97 Å². The molecule has 0 aliphatic carbocycles. The Kier molecular flexibility index (Phi) is 3.42. The van der Waals surface area contributed by atoms with Gasteiger partial charge in [-0.3, -0.25) is 0 Å². The molecule has 0 atom stereocenters. The second-order valence-electron chi connectivity index (χ2n) is 5.47. The van der Waals surface area contributed by atoms with Crippen LogP contribution in [0.3, 0.4) is 0 Å². The number of rotatable bonds is 2.